The molecule has 3 unspecified atom stereocenters. The van der Waals surface area contributed by atoms with Crippen molar-refractivity contribution >= 4 is 30.7 Å². The molecule has 3 atom stereocenters. The summed E-state index contributed by atoms with van der Waals surface area (Å²) in [6.45, 7) is 3.51. The van der Waals surface area contributed by atoms with Crippen molar-refractivity contribution in [3.8, 4) is 0 Å². The molecule has 1 aliphatic carbocycles. The van der Waals surface area contributed by atoms with Gasteiger partial charge in [-0.1, -0.05) is 12.1 Å². The van der Waals surface area contributed by atoms with E-state index in [0.29, 0.717) is 19.8 Å². The third kappa shape index (κ3) is 6.06. The number of nitrogens with two attached hydrogens (primary N) is 1. The van der Waals surface area contributed by atoms with Gasteiger partial charge in [0, 0.05) is 31.6 Å². The molecule has 26 heavy (non-hydrogen) atoms. The second-order valence-corrected chi connectivity index (χ2v) is 6.73. The van der Waals surface area contributed by atoms with Crippen LogP contribution in [0.5, 0.6) is 0 Å². The van der Waals surface area contributed by atoms with E-state index in [0.717, 1.165) is 37.9 Å². The third-order valence-electron chi connectivity index (χ3n) is 5.05. The fraction of sp³-hybridized carbons (Fsp3) is 0.611. The number of rotatable bonds is 5. The van der Waals surface area contributed by atoms with E-state index in [2.05, 4.69) is 10.2 Å². The van der Waals surface area contributed by atoms with E-state index < -0.39 is 0 Å². The highest BCUT2D eigenvalue weighted by atomic mass is 35.5. The standard InChI is InChI=1S/C18H26FN3O2.2ClH/c19-15-4-1-13(2-5-15)17(22-7-9-24-10-8-22)12-21-18(23)14-3-6-16(20)11-14;;/h1-2,4-5,14,16-17H,3,6-12,20H2,(H,21,23);2*1H. The van der Waals surface area contributed by atoms with Crippen molar-refractivity contribution in [2.45, 2.75) is 31.3 Å². The minimum Gasteiger partial charge on any atom is -0.379 e. The number of hydrogen-bond acceptors (Lipinski definition) is 4. The summed E-state index contributed by atoms with van der Waals surface area (Å²) in [6, 6.07) is 6.72. The molecule has 2 aliphatic rings. The van der Waals surface area contributed by atoms with Crippen molar-refractivity contribution < 1.29 is 13.9 Å². The van der Waals surface area contributed by atoms with Gasteiger partial charge >= 0.3 is 0 Å². The first-order chi connectivity index (χ1) is 11.6. The van der Waals surface area contributed by atoms with Gasteiger partial charge in [-0.25, -0.2) is 4.39 Å². The zero-order valence-electron chi connectivity index (χ0n) is 14.7. The first-order valence-electron chi connectivity index (χ1n) is 8.74. The highest BCUT2D eigenvalue weighted by Gasteiger charge is 2.29. The molecule has 1 aromatic rings. The van der Waals surface area contributed by atoms with Crippen molar-refractivity contribution in [3.63, 3.8) is 0 Å². The summed E-state index contributed by atoms with van der Waals surface area (Å²) in [5.74, 6) is -0.134. The lowest BCUT2D eigenvalue weighted by molar-refractivity contribution is -0.125. The Morgan fingerprint density at radius 2 is 1.88 bits per heavy atom. The number of carbonyl (C=O) groups excluding carboxylic acids is 1. The Labute approximate surface area is 166 Å². The van der Waals surface area contributed by atoms with Crippen LogP contribution in [0.1, 0.15) is 30.9 Å². The predicted molar refractivity (Wildman–Crippen MR) is 104 cm³/mol. The number of carbonyl (C=O) groups is 1. The van der Waals surface area contributed by atoms with Crippen LogP contribution in [0.15, 0.2) is 24.3 Å². The van der Waals surface area contributed by atoms with E-state index in [-0.39, 0.29) is 54.5 Å². The fourth-order valence-corrected chi connectivity index (χ4v) is 3.63. The van der Waals surface area contributed by atoms with E-state index >= 15 is 0 Å². The molecule has 8 heteroatoms. The fourth-order valence-electron chi connectivity index (χ4n) is 3.63. The molecular weight excluding hydrogens is 380 g/mol. The largest absolute Gasteiger partial charge is 0.379 e. The molecule has 0 spiro atoms. The molecule has 5 nitrogen and oxygen atoms in total. The van der Waals surface area contributed by atoms with E-state index in [1.807, 2.05) is 0 Å². The maximum absolute atomic E-state index is 13.2. The lowest BCUT2D eigenvalue weighted by Crippen LogP contribution is -2.44. The summed E-state index contributed by atoms with van der Waals surface area (Å²) >= 11 is 0. The van der Waals surface area contributed by atoms with Gasteiger partial charge in [-0.2, -0.15) is 0 Å². The number of amides is 1. The maximum atomic E-state index is 13.2. The number of benzene rings is 1. The van der Waals surface area contributed by atoms with Crippen LogP contribution in [-0.2, 0) is 9.53 Å². The van der Waals surface area contributed by atoms with E-state index in [9.17, 15) is 9.18 Å². The topological polar surface area (TPSA) is 67.6 Å². The van der Waals surface area contributed by atoms with Crippen LogP contribution in [0.2, 0.25) is 0 Å². The maximum Gasteiger partial charge on any atom is 0.223 e. The van der Waals surface area contributed by atoms with Crippen molar-refractivity contribution in [2.75, 3.05) is 32.8 Å². The summed E-state index contributed by atoms with van der Waals surface area (Å²) < 4.78 is 18.7. The summed E-state index contributed by atoms with van der Waals surface area (Å²) in [5.41, 5.74) is 6.92. The van der Waals surface area contributed by atoms with Crippen LogP contribution in [0.25, 0.3) is 0 Å². The molecule has 0 aromatic heterocycles. The minimum atomic E-state index is -0.247. The molecule has 0 bridgehead atoms. The number of nitrogens with one attached hydrogen (secondary N) is 1. The second-order valence-electron chi connectivity index (χ2n) is 6.73. The van der Waals surface area contributed by atoms with Crippen molar-refractivity contribution in [1.82, 2.24) is 10.2 Å². The van der Waals surface area contributed by atoms with Crippen LogP contribution in [-0.4, -0.2) is 49.7 Å². The molecule has 2 fully saturated rings. The van der Waals surface area contributed by atoms with Gasteiger partial charge in [0.05, 0.1) is 19.3 Å². The summed E-state index contributed by atoms with van der Waals surface area (Å²) in [4.78, 5) is 14.7. The van der Waals surface area contributed by atoms with Crippen molar-refractivity contribution in [3.05, 3.63) is 35.6 Å². The van der Waals surface area contributed by atoms with Crippen molar-refractivity contribution in [2.24, 2.45) is 11.7 Å². The first kappa shape index (κ1) is 23.1. The molecular formula is C18H28Cl2FN3O2. The Balaban J connectivity index is 0.00000169. The lowest BCUT2D eigenvalue weighted by atomic mass is 10.0. The molecule has 1 heterocycles. The quantitative estimate of drug-likeness (QED) is 0.785. The van der Waals surface area contributed by atoms with Crippen LogP contribution in [0.4, 0.5) is 4.39 Å². The Morgan fingerprint density at radius 3 is 2.46 bits per heavy atom. The van der Waals surface area contributed by atoms with Gasteiger partial charge in [-0.05, 0) is 37.0 Å². The van der Waals surface area contributed by atoms with Gasteiger partial charge in [-0.15, -0.1) is 24.8 Å². The monoisotopic (exact) mass is 407 g/mol. The molecule has 0 radical (unpaired) electrons. The minimum absolute atomic E-state index is 0. The number of ether oxygens (including phenoxy) is 1. The summed E-state index contributed by atoms with van der Waals surface area (Å²) in [7, 11) is 0. The molecule has 1 saturated heterocycles. The lowest BCUT2D eigenvalue weighted by Gasteiger charge is -2.35. The molecule has 1 saturated carbocycles. The SMILES string of the molecule is Cl.Cl.NC1CCC(C(=O)NCC(c2ccc(F)cc2)N2CCOCC2)C1. The van der Waals surface area contributed by atoms with E-state index in [1.54, 1.807) is 12.1 Å². The Morgan fingerprint density at radius 1 is 1.23 bits per heavy atom. The van der Waals surface area contributed by atoms with Crippen LogP contribution in [0, 0.1) is 11.7 Å². The Kier molecular flexibility index (Phi) is 9.82. The van der Waals surface area contributed by atoms with Crippen LogP contribution in [0.3, 0.4) is 0 Å². The second kappa shape index (κ2) is 11.0. The number of nitrogens with zero attached hydrogens (tertiary/aromatic N) is 1. The van der Waals surface area contributed by atoms with Gasteiger partial charge in [0.1, 0.15) is 5.82 Å². The summed E-state index contributed by atoms with van der Waals surface area (Å²) in [5, 5.41) is 3.08. The number of hydrogen-bond donors (Lipinski definition) is 2. The van der Waals surface area contributed by atoms with Gasteiger partial charge in [0.25, 0.3) is 0 Å². The molecule has 148 valence electrons. The smallest absolute Gasteiger partial charge is 0.223 e. The van der Waals surface area contributed by atoms with Gasteiger partial charge in [0.15, 0.2) is 0 Å². The average Bonchev–Trinajstić information content (AvgIpc) is 3.04. The molecule has 1 aromatic carbocycles. The average molecular weight is 408 g/mol. The third-order valence-corrected chi connectivity index (χ3v) is 5.05. The van der Waals surface area contributed by atoms with Crippen LogP contribution < -0.4 is 11.1 Å². The Bertz CT molecular complexity index is 556. The van der Waals surface area contributed by atoms with Gasteiger partial charge in [-0.3, -0.25) is 9.69 Å². The normalized spacial score (nSPS) is 24.2. The highest BCUT2D eigenvalue weighted by Crippen LogP contribution is 2.25. The molecule has 3 N–H and O–H groups in total. The highest BCUT2D eigenvalue weighted by molar-refractivity contribution is 5.85. The Hall–Kier alpha value is -0.920. The van der Waals surface area contributed by atoms with E-state index in [4.69, 9.17) is 10.5 Å². The van der Waals surface area contributed by atoms with Gasteiger partial charge < -0.3 is 15.8 Å². The molecule has 3 rings (SSSR count). The number of morpholine rings is 1. The number of halogens is 3. The molecule has 1 amide bonds. The zero-order chi connectivity index (χ0) is 16.9. The molecule has 1 aliphatic heterocycles. The predicted octanol–water partition coefficient (Wildman–Crippen LogP) is 2.29. The summed E-state index contributed by atoms with van der Waals surface area (Å²) in [6.07, 6.45) is 2.55. The van der Waals surface area contributed by atoms with Crippen LogP contribution >= 0.6 is 24.8 Å². The van der Waals surface area contributed by atoms with Crippen molar-refractivity contribution in [1.29, 1.82) is 0 Å². The van der Waals surface area contributed by atoms with E-state index in [1.165, 1.54) is 12.1 Å². The first-order valence-corrected chi connectivity index (χ1v) is 8.74. The van der Waals surface area contributed by atoms with Gasteiger partial charge in [0.2, 0.25) is 5.91 Å². The zero-order valence-corrected chi connectivity index (χ0v) is 16.4.